The molecule has 9 nitrogen and oxygen atoms in total. The Kier molecular flexibility index (Phi) is 10.6. The minimum Gasteiger partial charge on any atom is -0.493 e. The molecule has 0 bridgehead atoms. The molecule has 0 unspecified atom stereocenters. The van der Waals surface area contributed by atoms with E-state index in [9.17, 15) is 14.4 Å². The van der Waals surface area contributed by atoms with Crippen LogP contribution >= 0.6 is 12.6 Å². The predicted molar refractivity (Wildman–Crippen MR) is 238 cm³/mol. The van der Waals surface area contributed by atoms with Crippen molar-refractivity contribution < 1.29 is 28.6 Å². The van der Waals surface area contributed by atoms with Crippen molar-refractivity contribution in [2.45, 2.75) is 102 Å². The molecule has 4 aliphatic rings. The van der Waals surface area contributed by atoms with Crippen molar-refractivity contribution in [1.82, 2.24) is 0 Å². The zero-order valence-corrected chi connectivity index (χ0v) is 35.6. The molecule has 1 N–H and O–H groups in total. The van der Waals surface area contributed by atoms with Crippen LogP contribution in [0.1, 0.15) is 99.2 Å². The van der Waals surface area contributed by atoms with E-state index >= 15 is 0 Å². The summed E-state index contributed by atoms with van der Waals surface area (Å²) >= 11 is 4.61. The van der Waals surface area contributed by atoms with Crippen molar-refractivity contribution in [3.63, 3.8) is 0 Å². The standard InChI is InChI=1S/C50H51N3O6S/c1-30-19-40-33(13-15-38-23-35-9-5-7-11-42(35)52(38)48(40)55)25-44(30)58-28-31-20-32(22-37(21-31)51-47(54)17-18-50(2,3)60)29-59-46-26-34-14-16-39-24-36-10-6-8-12-43(36)53(39)49(56)41(34)27-45(46)57-4/h5-12,19-22,25-27,38-39,60H,13-18,23-24,28-29H2,1-4H3,(H,51,54)/t38-,39-/m1/s1. The molecule has 9 rings (SSSR count). The monoisotopic (exact) mass is 821 g/mol. The number of anilines is 3. The van der Waals surface area contributed by atoms with Crippen molar-refractivity contribution in [3.8, 4) is 17.2 Å². The van der Waals surface area contributed by atoms with Crippen LogP contribution in [0.3, 0.4) is 0 Å². The first-order chi connectivity index (χ1) is 28.9. The molecule has 4 aliphatic heterocycles. The quantitative estimate of drug-likeness (QED) is 0.129. The molecule has 0 radical (unpaired) electrons. The summed E-state index contributed by atoms with van der Waals surface area (Å²) in [5.74, 6) is 1.69. The van der Waals surface area contributed by atoms with Gasteiger partial charge in [0.15, 0.2) is 11.5 Å². The molecular weight excluding hydrogens is 771 g/mol. The van der Waals surface area contributed by atoms with E-state index in [0.717, 1.165) is 89.0 Å². The number of hydrogen-bond donors (Lipinski definition) is 2. The number of carbonyl (C=O) groups is 3. The normalized spacial score (nSPS) is 17.7. The third-order valence-corrected chi connectivity index (χ3v) is 12.6. The highest BCUT2D eigenvalue weighted by molar-refractivity contribution is 7.81. The third kappa shape index (κ3) is 7.85. The molecule has 0 saturated heterocycles. The van der Waals surface area contributed by atoms with Crippen LogP contribution in [0.25, 0.3) is 0 Å². The maximum Gasteiger partial charge on any atom is 0.258 e. The van der Waals surface area contributed by atoms with Crippen molar-refractivity contribution in [2.75, 3.05) is 22.2 Å². The number of para-hydroxylation sites is 2. The van der Waals surface area contributed by atoms with E-state index in [1.807, 2.05) is 109 Å². The molecule has 5 aromatic carbocycles. The largest absolute Gasteiger partial charge is 0.493 e. The van der Waals surface area contributed by atoms with E-state index in [4.69, 9.17) is 14.2 Å². The number of nitrogens with one attached hydrogen (secondary N) is 1. The maximum absolute atomic E-state index is 14.0. The van der Waals surface area contributed by atoms with Crippen LogP contribution in [-0.2, 0) is 43.7 Å². The number of hydrogen-bond acceptors (Lipinski definition) is 7. The Morgan fingerprint density at radius 2 is 1.25 bits per heavy atom. The SMILES string of the molecule is COc1cc2c(cc1OCc1cc(COc3cc4c(cc3C)C(=O)N3c5ccccc5C[C@H]3CC4)cc(NC(=O)CCC(C)(C)S)c1)CC[C@@H]1Cc3ccccc3N1C2=O. The number of carbonyl (C=O) groups excluding carboxylic acids is 3. The Morgan fingerprint density at radius 3 is 1.82 bits per heavy atom. The molecule has 0 aliphatic carbocycles. The van der Waals surface area contributed by atoms with Gasteiger partial charge in [-0.05, 0) is 145 Å². The van der Waals surface area contributed by atoms with E-state index in [2.05, 4.69) is 30.1 Å². The van der Waals surface area contributed by atoms with Crippen LogP contribution in [-0.4, -0.2) is 41.7 Å². The molecule has 4 heterocycles. The first-order valence-electron chi connectivity index (χ1n) is 21.0. The summed E-state index contributed by atoms with van der Waals surface area (Å²) in [6.45, 7) is 6.39. The van der Waals surface area contributed by atoms with Gasteiger partial charge in [-0.15, -0.1) is 0 Å². The van der Waals surface area contributed by atoms with Crippen molar-refractivity contribution in [2.24, 2.45) is 0 Å². The van der Waals surface area contributed by atoms with Gasteiger partial charge >= 0.3 is 0 Å². The highest BCUT2D eigenvalue weighted by Crippen LogP contribution is 2.42. The third-order valence-electron chi connectivity index (χ3n) is 12.4. The molecule has 3 amide bonds. The van der Waals surface area contributed by atoms with Crippen molar-refractivity contribution in [3.05, 3.63) is 141 Å². The van der Waals surface area contributed by atoms with Crippen LogP contribution in [0, 0.1) is 6.92 Å². The second-order valence-electron chi connectivity index (χ2n) is 17.3. The smallest absolute Gasteiger partial charge is 0.258 e. The maximum atomic E-state index is 14.0. The number of ether oxygens (including phenoxy) is 3. The number of thiol groups is 1. The topological polar surface area (TPSA) is 97.4 Å². The number of aryl methyl sites for hydroxylation is 3. The van der Waals surface area contributed by atoms with E-state index in [0.29, 0.717) is 35.6 Å². The molecule has 60 heavy (non-hydrogen) atoms. The van der Waals surface area contributed by atoms with Gasteiger partial charge in [-0.3, -0.25) is 14.4 Å². The van der Waals surface area contributed by atoms with Crippen LogP contribution < -0.4 is 29.3 Å². The molecule has 2 atom stereocenters. The number of amides is 3. The van der Waals surface area contributed by atoms with Crippen LogP contribution in [0.4, 0.5) is 17.1 Å². The highest BCUT2D eigenvalue weighted by Gasteiger charge is 2.39. The van der Waals surface area contributed by atoms with Gasteiger partial charge in [-0.25, -0.2) is 0 Å². The summed E-state index contributed by atoms with van der Waals surface area (Å²) < 4.78 is 18.5. The van der Waals surface area contributed by atoms with Gasteiger partial charge < -0.3 is 29.3 Å². The molecule has 0 saturated carbocycles. The minimum absolute atomic E-state index is 0.0147. The summed E-state index contributed by atoms with van der Waals surface area (Å²) in [5.41, 5.74) is 10.9. The van der Waals surface area contributed by atoms with Gasteiger partial charge in [0.25, 0.3) is 11.8 Å². The number of nitrogens with zero attached hydrogens (tertiary/aromatic N) is 2. The second-order valence-corrected chi connectivity index (χ2v) is 18.5. The average molecular weight is 822 g/mol. The van der Waals surface area contributed by atoms with Gasteiger partial charge in [-0.1, -0.05) is 50.2 Å². The van der Waals surface area contributed by atoms with Gasteiger partial charge in [-0.2, -0.15) is 12.6 Å². The first-order valence-corrected chi connectivity index (χ1v) is 21.4. The molecule has 10 heteroatoms. The summed E-state index contributed by atoms with van der Waals surface area (Å²) in [5, 5.41) is 3.09. The fourth-order valence-corrected chi connectivity index (χ4v) is 9.49. The lowest BCUT2D eigenvalue weighted by atomic mass is 9.98. The molecular formula is C50H51N3O6S. The molecule has 0 fully saturated rings. The number of methoxy groups -OCH3 is 1. The number of fused-ring (bicyclic) bond motifs is 8. The van der Waals surface area contributed by atoms with Gasteiger partial charge in [0.2, 0.25) is 5.91 Å². The zero-order chi connectivity index (χ0) is 41.7. The number of benzene rings is 5. The van der Waals surface area contributed by atoms with Gasteiger partial charge in [0, 0.05) is 51.4 Å². The van der Waals surface area contributed by atoms with Crippen molar-refractivity contribution in [1.29, 1.82) is 0 Å². The summed E-state index contributed by atoms with van der Waals surface area (Å²) in [7, 11) is 1.59. The lowest BCUT2D eigenvalue weighted by Crippen LogP contribution is -2.36. The van der Waals surface area contributed by atoms with E-state index < -0.39 is 0 Å². The van der Waals surface area contributed by atoms with Crippen LogP contribution in [0.2, 0.25) is 0 Å². The van der Waals surface area contributed by atoms with Crippen LogP contribution in [0.5, 0.6) is 17.2 Å². The Hall–Kier alpha value is -5.74. The van der Waals surface area contributed by atoms with Crippen molar-refractivity contribution >= 4 is 47.4 Å². The Morgan fingerprint density at radius 1 is 0.717 bits per heavy atom. The lowest BCUT2D eigenvalue weighted by Gasteiger charge is -2.23. The molecule has 308 valence electrons. The summed E-state index contributed by atoms with van der Waals surface area (Å²) in [6.07, 6.45) is 5.93. The van der Waals surface area contributed by atoms with Gasteiger partial charge in [0.05, 0.1) is 7.11 Å². The Balaban J connectivity index is 0.953. The average Bonchev–Trinajstić information content (AvgIpc) is 3.72. The fraction of sp³-hybridized carbons (Fsp3) is 0.340. The predicted octanol–water partition coefficient (Wildman–Crippen LogP) is 9.62. The van der Waals surface area contributed by atoms with E-state index in [1.54, 1.807) is 7.11 Å². The summed E-state index contributed by atoms with van der Waals surface area (Å²) in [6, 6.07) is 30.3. The van der Waals surface area contributed by atoms with Crippen LogP contribution in [0.15, 0.2) is 91.0 Å². The fourth-order valence-electron chi connectivity index (χ4n) is 9.38. The zero-order valence-electron chi connectivity index (χ0n) is 34.7. The molecule has 0 aromatic heterocycles. The lowest BCUT2D eigenvalue weighted by molar-refractivity contribution is -0.116. The highest BCUT2D eigenvalue weighted by atomic mass is 32.1. The molecule has 5 aromatic rings. The number of rotatable bonds is 11. The van der Waals surface area contributed by atoms with E-state index in [1.165, 1.54) is 11.1 Å². The van der Waals surface area contributed by atoms with Gasteiger partial charge in [0.1, 0.15) is 19.0 Å². The first kappa shape index (κ1) is 39.7. The molecule has 0 spiro atoms. The minimum atomic E-state index is -0.277. The Labute approximate surface area is 357 Å². The second kappa shape index (κ2) is 16.0. The Bertz CT molecular complexity index is 2530. The summed E-state index contributed by atoms with van der Waals surface area (Å²) in [4.78, 5) is 45.1. The van der Waals surface area contributed by atoms with E-state index in [-0.39, 0.29) is 47.8 Å².